The molecule has 7 heteroatoms. The molecule has 0 aromatic heterocycles. The van der Waals surface area contributed by atoms with Gasteiger partial charge in [0.05, 0.1) is 19.0 Å². The number of hydrazone groups is 1. The summed E-state index contributed by atoms with van der Waals surface area (Å²) in [6.07, 6.45) is -3.85. The predicted octanol–water partition coefficient (Wildman–Crippen LogP) is 4.55. The van der Waals surface area contributed by atoms with Crippen molar-refractivity contribution in [3.63, 3.8) is 0 Å². The fraction of sp³-hybridized carbons (Fsp3) is 0.263. The Labute approximate surface area is 149 Å². The molecule has 0 N–H and O–H groups in total. The highest BCUT2D eigenvalue weighted by molar-refractivity contribution is 5.99. The van der Waals surface area contributed by atoms with Crippen molar-refractivity contribution in [1.29, 1.82) is 0 Å². The van der Waals surface area contributed by atoms with Gasteiger partial charge in [-0.1, -0.05) is 29.8 Å². The van der Waals surface area contributed by atoms with Gasteiger partial charge >= 0.3 is 12.1 Å². The molecule has 0 aliphatic heterocycles. The maximum Gasteiger partial charge on any atom is 0.473 e. The van der Waals surface area contributed by atoms with Crippen LogP contribution >= 0.6 is 0 Å². The number of hydrogen-bond acceptors (Lipinski definition) is 3. The number of hydrogen-bond donors (Lipinski definition) is 0. The van der Waals surface area contributed by atoms with Crippen molar-refractivity contribution in [2.45, 2.75) is 26.9 Å². The number of amides is 1. The zero-order chi connectivity index (χ0) is 19.5. The minimum absolute atomic E-state index is 0.122. The third-order valence-electron chi connectivity index (χ3n) is 3.70. The summed E-state index contributed by atoms with van der Waals surface area (Å²) in [6.45, 7) is 5.12. The van der Waals surface area contributed by atoms with Gasteiger partial charge < -0.3 is 4.74 Å². The van der Waals surface area contributed by atoms with E-state index in [4.69, 9.17) is 4.74 Å². The fourth-order valence-corrected chi connectivity index (χ4v) is 2.68. The summed E-state index contributed by atoms with van der Waals surface area (Å²) in [5, 5.41) is 4.25. The maximum absolute atomic E-state index is 13.1. The smallest absolute Gasteiger partial charge is 0.473 e. The van der Waals surface area contributed by atoms with Crippen LogP contribution in [0, 0.1) is 20.8 Å². The summed E-state index contributed by atoms with van der Waals surface area (Å²) in [5.41, 5.74) is 2.58. The Morgan fingerprint density at radius 1 is 1.12 bits per heavy atom. The van der Waals surface area contributed by atoms with Crippen LogP contribution in [-0.2, 0) is 4.79 Å². The highest BCUT2D eigenvalue weighted by Crippen LogP contribution is 2.30. The molecule has 0 spiro atoms. The van der Waals surface area contributed by atoms with Gasteiger partial charge in [-0.2, -0.15) is 23.3 Å². The number of rotatable bonds is 4. The number of alkyl halides is 3. The lowest BCUT2D eigenvalue weighted by Crippen LogP contribution is -2.38. The van der Waals surface area contributed by atoms with E-state index in [2.05, 4.69) is 5.10 Å². The van der Waals surface area contributed by atoms with Crippen LogP contribution < -0.4 is 9.75 Å². The van der Waals surface area contributed by atoms with Gasteiger partial charge in [-0.05, 0) is 49.6 Å². The van der Waals surface area contributed by atoms with Crippen LogP contribution in [0.15, 0.2) is 41.5 Å². The monoisotopic (exact) mass is 364 g/mol. The van der Waals surface area contributed by atoms with Crippen molar-refractivity contribution in [3.8, 4) is 5.75 Å². The number of halogens is 3. The Hall–Kier alpha value is -2.83. The van der Waals surface area contributed by atoms with Crippen LogP contribution in [0.1, 0.15) is 22.3 Å². The lowest BCUT2D eigenvalue weighted by Gasteiger charge is -2.22. The molecule has 0 atom stereocenters. The van der Waals surface area contributed by atoms with Crippen molar-refractivity contribution in [2.75, 3.05) is 12.1 Å². The van der Waals surface area contributed by atoms with Gasteiger partial charge in [-0.25, -0.2) is 0 Å². The summed E-state index contributed by atoms with van der Waals surface area (Å²) in [6, 6.07) is 10.1. The largest absolute Gasteiger partial charge is 0.497 e. The Morgan fingerprint density at radius 3 is 2.27 bits per heavy atom. The standard InChI is InChI=1S/C19H19F3N2O2/c1-12-8-13(2)17(14(3)9-12)24(18(25)19(20,21)22)23-11-15-6-5-7-16(10-15)26-4/h5-11H,1-4H3/b23-11+. The van der Waals surface area contributed by atoms with Crippen LogP contribution in [0.4, 0.5) is 18.9 Å². The molecule has 1 amide bonds. The molecule has 2 aromatic carbocycles. The predicted molar refractivity (Wildman–Crippen MR) is 94.8 cm³/mol. The van der Waals surface area contributed by atoms with Gasteiger partial charge in [0.15, 0.2) is 0 Å². The topological polar surface area (TPSA) is 41.9 Å². The molecule has 2 aromatic rings. The number of aryl methyl sites for hydroxylation is 3. The van der Waals surface area contributed by atoms with Crippen molar-refractivity contribution in [2.24, 2.45) is 5.10 Å². The lowest BCUT2D eigenvalue weighted by molar-refractivity contribution is -0.170. The molecular weight excluding hydrogens is 345 g/mol. The number of carbonyl (C=O) groups is 1. The Kier molecular flexibility index (Phi) is 5.69. The third kappa shape index (κ3) is 4.41. The van der Waals surface area contributed by atoms with Crippen LogP contribution in [0.3, 0.4) is 0 Å². The Bertz CT molecular complexity index is 822. The van der Waals surface area contributed by atoms with E-state index in [1.54, 1.807) is 50.2 Å². The fourth-order valence-electron chi connectivity index (χ4n) is 2.68. The molecule has 26 heavy (non-hydrogen) atoms. The summed E-state index contributed by atoms with van der Waals surface area (Å²) in [7, 11) is 1.48. The normalized spacial score (nSPS) is 11.7. The van der Waals surface area contributed by atoms with Crippen molar-refractivity contribution in [3.05, 3.63) is 58.7 Å². The average Bonchev–Trinajstić information content (AvgIpc) is 2.55. The molecule has 0 radical (unpaired) electrons. The van der Waals surface area contributed by atoms with E-state index in [-0.39, 0.29) is 5.69 Å². The molecule has 138 valence electrons. The first-order valence-corrected chi connectivity index (χ1v) is 7.80. The average molecular weight is 364 g/mol. The molecule has 0 saturated heterocycles. The molecule has 0 unspecified atom stereocenters. The number of methoxy groups -OCH3 is 1. The molecule has 4 nitrogen and oxygen atoms in total. The van der Waals surface area contributed by atoms with Gasteiger partial charge in [0.25, 0.3) is 0 Å². The summed E-state index contributed by atoms with van der Waals surface area (Å²) < 4.78 is 44.3. The lowest BCUT2D eigenvalue weighted by atomic mass is 10.0. The summed E-state index contributed by atoms with van der Waals surface area (Å²) in [5.74, 6) is -1.52. The van der Waals surface area contributed by atoms with E-state index in [0.717, 1.165) is 5.56 Å². The van der Waals surface area contributed by atoms with Gasteiger partial charge in [0, 0.05) is 0 Å². The van der Waals surface area contributed by atoms with Gasteiger partial charge in [0.1, 0.15) is 5.75 Å². The van der Waals surface area contributed by atoms with E-state index in [1.807, 2.05) is 6.92 Å². The number of anilines is 1. The molecule has 0 bridgehead atoms. The van der Waals surface area contributed by atoms with Crippen molar-refractivity contribution >= 4 is 17.8 Å². The number of benzene rings is 2. The SMILES string of the molecule is COc1cccc(/C=N/N(C(=O)C(F)(F)F)c2c(C)cc(C)cc2C)c1. The highest BCUT2D eigenvalue weighted by atomic mass is 19.4. The van der Waals surface area contributed by atoms with Crippen molar-refractivity contribution < 1.29 is 22.7 Å². The zero-order valence-corrected chi connectivity index (χ0v) is 14.9. The minimum Gasteiger partial charge on any atom is -0.497 e. The summed E-state index contributed by atoms with van der Waals surface area (Å²) >= 11 is 0. The third-order valence-corrected chi connectivity index (χ3v) is 3.70. The quantitative estimate of drug-likeness (QED) is 0.590. The number of carbonyl (C=O) groups excluding carboxylic acids is 1. The molecular formula is C19H19F3N2O2. The number of nitrogens with zero attached hydrogens (tertiary/aromatic N) is 2. The van der Waals surface area contributed by atoms with Crippen LogP contribution in [0.5, 0.6) is 5.75 Å². The molecule has 0 saturated carbocycles. The first kappa shape index (κ1) is 19.5. The Balaban J connectivity index is 2.52. The highest BCUT2D eigenvalue weighted by Gasteiger charge is 2.44. The van der Waals surface area contributed by atoms with E-state index >= 15 is 0 Å². The first-order chi connectivity index (χ1) is 12.1. The van der Waals surface area contributed by atoms with E-state index in [0.29, 0.717) is 27.4 Å². The Morgan fingerprint density at radius 2 is 1.73 bits per heavy atom. The second-order valence-electron chi connectivity index (χ2n) is 5.88. The van der Waals surface area contributed by atoms with Crippen LogP contribution in [0.2, 0.25) is 0 Å². The van der Waals surface area contributed by atoms with Crippen LogP contribution in [-0.4, -0.2) is 25.4 Å². The van der Waals surface area contributed by atoms with Crippen molar-refractivity contribution in [1.82, 2.24) is 0 Å². The number of ether oxygens (including phenoxy) is 1. The zero-order valence-electron chi connectivity index (χ0n) is 14.9. The summed E-state index contributed by atoms with van der Waals surface area (Å²) in [4.78, 5) is 12.0. The first-order valence-electron chi connectivity index (χ1n) is 7.80. The van der Waals surface area contributed by atoms with Crippen LogP contribution in [0.25, 0.3) is 0 Å². The molecule has 2 rings (SSSR count). The van der Waals surface area contributed by atoms with E-state index < -0.39 is 12.1 Å². The van der Waals surface area contributed by atoms with Gasteiger partial charge in [-0.3, -0.25) is 4.79 Å². The minimum atomic E-state index is -5.05. The van der Waals surface area contributed by atoms with E-state index in [9.17, 15) is 18.0 Å². The van der Waals surface area contributed by atoms with Gasteiger partial charge in [-0.15, -0.1) is 0 Å². The second kappa shape index (κ2) is 7.59. The van der Waals surface area contributed by atoms with E-state index in [1.165, 1.54) is 13.3 Å². The maximum atomic E-state index is 13.1. The molecule has 0 fully saturated rings. The second-order valence-corrected chi connectivity index (χ2v) is 5.88. The molecule has 0 aliphatic carbocycles. The molecule has 0 heterocycles. The van der Waals surface area contributed by atoms with Gasteiger partial charge in [0.2, 0.25) is 0 Å². The molecule has 0 aliphatic rings.